The highest BCUT2D eigenvalue weighted by molar-refractivity contribution is 4.69. The van der Waals surface area contributed by atoms with Crippen LogP contribution in [-0.4, -0.2) is 11.7 Å². The minimum absolute atomic E-state index is 0.142. The van der Waals surface area contributed by atoms with Crippen molar-refractivity contribution in [3.8, 4) is 0 Å². The molecule has 49 valence electrons. The maximum absolute atomic E-state index is 8.40. The van der Waals surface area contributed by atoms with E-state index >= 15 is 0 Å². The van der Waals surface area contributed by atoms with Crippen LogP contribution in [0.2, 0.25) is 0 Å². The van der Waals surface area contributed by atoms with Gasteiger partial charge in [-0.05, 0) is 25.2 Å². The normalized spacial score (nSPS) is 12.0. The average molecular weight is 115 g/mol. The highest BCUT2D eigenvalue weighted by atomic mass is 16.2. The number of rotatable bonds is 3. The van der Waals surface area contributed by atoms with Crippen LogP contribution in [0, 0.1) is 12.3 Å². The van der Waals surface area contributed by atoms with E-state index in [4.69, 9.17) is 5.11 Å². The van der Waals surface area contributed by atoms with E-state index in [1.807, 2.05) is 0 Å². The summed E-state index contributed by atoms with van der Waals surface area (Å²) in [6, 6.07) is 0. The van der Waals surface area contributed by atoms with Crippen LogP contribution in [0.1, 0.15) is 26.7 Å². The maximum Gasteiger partial charge on any atom is 0.0431 e. The summed E-state index contributed by atoms with van der Waals surface area (Å²) in [6.45, 7) is 8.33. The van der Waals surface area contributed by atoms with Crippen molar-refractivity contribution in [1.82, 2.24) is 0 Å². The molecule has 0 rings (SSSR count). The van der Waals surface area contributed by atoms with Gasteiger partial charge in [-0.15, -0.1) is 0 Å². The number of hydrogen-bond donors (Lipinski definition) is 1. The Hall–Kier alpha value is -0.0400. The topological polar surface area (TPSA) is 20.2 Å². The van der Waals surface area contributed by atoms with Crippen LogP contribution in [0.15, 0.2) is 0 Å². The molecular weight excluding hydrogens is 100 g/mol. The van der Waals surface area contributed by atoms with E-state index in [2.05, 4.69) is 20.8 Å². The Morgan fingerprint density at radius 2 is 2.00 bits per heavy atom. The fraction of sp³-hybridized carbons (Fsp3) is 0.857. The molecule has 0 aliphatic rings. The van der Waals surface area contributed by atoms with Gasteiger partial charge in [0.1, 0.15) is 0 Å². The van der Waals surface area contributed by atoms with E-state index in [0.717, 1.165) is 12.8 Å². The summed E-state index contributed by atoms with van der Waals surface area (Å²) in [5, 5.41) is 8.40. The van der Waals surface area contributed by atoms with E-state index in [0.29, 0.717) is 6.61 Å². The summed E-state index contributed by atoms with van der Waals surface area (Å²) < 4.78 is 0. The third-order valence-corrected chi connectivity index (χ3v) is 1.01. The minimum atomic E-state index is 0.142. The molecule has 1 heteroatoms. The molecule has 0 heterocycles. The molecule has 0 aromatic carbocycles. The Kier molecular flexibility index (Phi) is 3.06. The first-order chi connectivity index (χ1) is 3.56. The second kappa shape index (κ2) is 3.08. The van der Waals surface area contributed by atoms with Gasteiger partial charge >= 0.3 is 0 Å². The standard InChI is InChI=1S/C7H15O/c1-7(2,3)5-4-6-8/h8H,1,4-6H2,2-3H3. The van der Waals surface area contributed by atoms with Crippen molar-refractivity contribution in [2.24, 2.45) is 5.41 Å². The molecule has 1 N–H and O–H groups in total. The summed E-state index contributed by atoms with van der Waals surface area (Å²) >= 11 is 0. The fourth-order valence-corrected chi connectivity index (χ4v) is 0.558. The lowest BCUT2D eigenvalue weighted by atomic mass is 9.91. The second-order valence-corrected chi connectivity index (χ2v) is 2.99. The van der Waals surface area contributed by atoms with Crippen LogP contribution in [0.5, 0.6) is 0 Å². The number of hydrogen-bond acceptors (Lipinski definition) is 1. The van der Waals surface area contributed by atoms with Gasteiger partial charge in [-0.1, -0.05) is 13.8 Å². The van der Waals surface area contributed by atoms with Crippen molar-refractivity contribution < 1.29 is 5.11 Å². The third-order valence-electron chi connectivity index (χ3n) is 1.01. The smallest absolute Gasteiger partial charge is 0.0431 e. The Morgan fingerprint density at radius 1 is 1.50 bits per heavy atom. The van der Waals surface area contributed by atoms with E-state index in [1.165, 1.54) is 0 Å². The molecule has 1 nitrogen and oxygen atoms in total. The predicted octanol–water partition coefficient (Wildman–Crippen LogP) is 1.62. The molecule has 0 unspecified atom stereocenters. The van der Waals surface area contributed by atoms with Gasteiger partial charge < -0.3 is 5.11 Å². The lowest BCUT2D eigenvalue weighted by Gasteiger charge is -2.15. The quantitative estimate of drug-likeness (QED) is 0.592. The van der Waals surface area contributed by atoms with Crippen molar-refractivity contribution in [1.29, 1.82) is 0 Å². The Bertz CT molecular complexity index is 51.9. The van der Waals surface area contributed by atoms with Crippen LogP contribution in [-0.2, 0) is 0 Å². The zero-order chi connectivity index (χ0) is 6.62. The van der Waals surface area contributed by atoms with Gasteiger partial charge in [-0.2, -0.15) is 0 Å². The molecule has 0 aliphatic carbocycles. The Labute approximate surface area is 51.7 Å². The van der Waals surface area contributed by atoms with Gasteiger partial charge in [0.05, 0.1) is 0 Å². The van der Waals surface area contributed by atoms with E-state index in [9.17, 15) is 0 Å². The van der Waals surface area contributed by atoms with Crippen molar-refractivity contribution >= 4 is 0 Å². The lowest BCUT2D eigenvalue weighted by Crippen LogP contribution is -2.05. The molecule has 0 aliphatic heterocycles. The van der Waals surface area contributed by atoms with Crippen LogP contribution in [0.25, 0.3) is 0 Å². The highest BCUT2D eigenvalue weighted by Crippen LogP contribution is 2.18. The summed E-state index contributed by atoms with van der Waals surface area (Å²) in [5.74, 6) is 0. The molecule has 0 amide bonds. The van der Waals surface area contributed by atoms with Gasteiger partial charge in [0.25, 0.3) is 0 Å². The van der Waals surface area contributed by atoms with Gasteiger partial charge in [0.2, 0.25) is 0 Å². The number of aliphatic hydroxyl groups excluding tert-OH is 1. The van der Waals surface area contributed by atoms with Crippen molar-refractivity contribution in [3.63, 3.8) is 0 Å². The molecular formula is C7H15O. The molecule has 0 fully saturated rings. The monoisotopic (exact) mass is 115 g/mol. The van der Waals surface area contributed by atoms with Crippen LogP contribution >= 0.6 is 0 Å². The second-order valence-electron chi connectivity index (χ2n) is 2.99. The predicted molar refractivity (Wildman–Crippen MR) is 35.5 cm³/mol. The van der Waals surface area contributed by atoms with Gasteiger partial charge in [-0.3, -0.25) is 0 Å². The average Bonchev–Trinajstić information content (AvgIpc) is 1.59. The molecule has 0 aromatic rings. The molecule has 0 spiro atoms. The van der Waals surface area contributed by atoms with E-state index in [-0.39, 0.29) is 5.41 Å². The van der Waals surface area contributed by atoms with Crippen molar-refractivity contribution in [2.75, 3.05) is 6.61 Å². The molecule has 0 saturated carbocycles. The summed E-state index contributed by atoms with van der Waals surface area (Å²) in [6.07, 6.45) is 1.88. The molecule has 8 heavy (non-hydrogen) atoms. The first-order valence-corrected chi connectivity index (χ1v) is 3.02. The first-order valence-electron chi connectivity index (χ1n) is 3.02. The van der Waals surface area contributed by atoms with Crippen molar-refractivity contribution in [2.45, 2.75) is 26.7 Å². The first kappa shape index (κ1) is 7.96. The number of aliphatic hydroxyl groups is 1. The zero-order valence-corrected chi connectivity index (χ0v) is 5.78. The zero-order valence-electron chi connectivity index (χ0n) is 5.78. The fourth-order valence-electron chi connectivity index (χ4n) is 0.558. The van der Waals surface area contributed by atoms with Crippen LogP contribution in [0.4, 0.5) is 0 Å². The highest BCUT2D eigenvalue weighted by Gasteiger charge is 2.07. The summed E-state index contributed by atoms with van der Waals surface area (Å²) in [7, 11) is 0. The van der Waals surface area contributed by atoms with Gasteiger partial charge in [0.15, 0.2) is 0 Å². The molecule has 0 saturated heterocycles. The van der Waals surface area contributed by atoms with E-state index < -0.39 is 0 Å². The van der Waals surface area contributed by atoms with Crippen LogP contribution < -0.4 is 0 Å². The largest absolute Gasteiger partial charge is 0.396 e. The Morgan fingerprint density at radius 3 is 2.12 bits per heavy atom. The van der Waals surface area contributed by atoms with Gasteiger partial charge in [0, 0.05) is 6.61 Å². The minimum Gasteiger partial charge on any atom is -0.396 e. The third kappa shape index (κ3) is 5.96. The molecule has 0 aromatic heterocycles. The maximum atomic E-state index is 8.40. The molecule has 1 radical (unpaired) electrons. The molecule has 0 atom stereocenters. The van der Waals surface area contributed by atoms with E-state index in [1.54, 1.807) is 0 Å². The lowest BCUT2D eigenvalue weighted by molar-refractivity contribution is 0.261. The molecule has 0 bridgehead atoms. The Balaban J connectivity index is 3.11. The van der Waals surface area contributed by atoms with Crippen LogP contribution in [0.3, 0.4) is 0 Å². The van der Waals surface area contributed by atoms with Gasteiger partial charge in [-0.25, -0.2) is 0 Å². The summed E-state index contributed by atoms with van der Waals surface area (Å²) in [5.41, 5.74) is 0.142. The summed E-state index contributed by atoms with van der Waals surface area (Å²) in [4.78, 5) is 0. The SMILES string of the molecule is [CH2]C(C)(C)CCCO. The van der Waals surface area contributed by atoms with Crippen molar-refractivity contribution in [3.05, 3.63) is 6.92 Å².